The number of alkyl carbamates (subject to hydrolysis) is 1. The van der Waals surface area contributed by atoms with Crippen molar-refractivity contribution >= 4 is 24.5 Å². The number of aromatic nitrogens is 2. The van der Waals surface area contributed by atoms with E-state index in [0.717, 1.165) is 33.4 Å². The first-order chi connectivity index (χ1) is 17.5. The first-order valence-electron chi connectivity index (χ1n) is 11.7. The molecule has 0 unspecified atom stereocenters. The van der Waals surface area contributed by atoms with Crippen LogP contribution < -0.4 is 5.32 Å². The summed E-state index contributed by atoms with van der Waals surface area (Å²) in [6, 6.07) is 22.6. The Hall–Kier alpha value is -4.23. The molecule has 0 bridgehead atoms. The van der Waals surface area contributed by atoms with Gasteiger partial charge in [-0.15, -0.1) is 12.4 Å². The molecule has 1 heterocycles. The molecular weight excluding hydrogens is 490 g/mol. The van der Waals surface area contributed by atoms with Gasteiger partial charge in [0, 0.05) is 24.1 Å². The van der Waals surface area contributed by atoms with E-state index in [1.807, 2.05) is 67.6 Å². The molecule has 3 aromatic carbocycles. The number of fused-ring (bicyclic) bond motifs is 3. The molecule has 7 nitrogen and oxygen atoms in total. The lowest BCUT2D eigenvalue weighted by molar-refractivity contribution is -0.139. The van der Waals surface area contributed by atoms with E-state index in [0.29, 0.717) is 11.3 Å². The molecule has 0 saturated heterocycles. The molecule has 0 saturated carbocycles. The molecule has 1 atom stereocenters. The van der Waals surface area contributed by atoms with Gasteiger partial charge in [-0.25, -0.2) is 19.6 Å². The average molecular weight is 516 g/mol. The van der Waals surface area contributed by atoms with Gasteiger partial charge in [0.25, 0.3) is 0 Å². The van der Waals surface area contributed by atoms with Crippen LogP contribution in [0.1, 0.15) is 28.2 Å². The SMILES string of the molecule is Cc1ccccc1-c1ncncc1C[C@@H](NC(=O)OCC1c2ccccc2-c2ccccc21)C(=O)O.Cl. The Morgan fingerprint density at radius 3 is 2.16 bits per heavy atom. The summed E-state index contributed by atoms with van der Waals surface area (Å²) in [6.45, 7) is 2.07. The number of aryl methyl sites for hydroxylation is 1. The molecule has 0 radical (unpaired) electrons. The maximum Gasteiger partial charge on any atom is 0.407 e. The second kappa shape index (κ2) is 11.2. The van der Waals surface area contributed by atoms with E-state index in [-0.39, 0.29) is 31.4 Å². The number of hydrogen-bond donors (Lipinski definition) is 2. The monoisotopic (exact) mass is 515 g/mol. The number of halogens is 1. The normalized spacial score (nSPS) is 12.6. The molecule has 0 aliphatic heterocycles. The molecule has 0 spiro atoms. The molecule has 188 valence electrons. The highest BCUT2D eigenvalue weighted by atomic mass is 35.5. The van der Waals surface area contributed by atoms with E-state index in [1.54, 1.807) is 6.20 Å². The van der Waals surface area contributed by atoms with Crippen molar-refractivity contribution in [3.05, 3.63) is 108 Å². The Morgan fingerprint density at radius 1 is 0.946 bits per heavy atom. The quantitative estimate of drug-likeness (QED) is 0.341. The van der Waals surface area contributed by atoms with Crippen molar-refractivity contribution in [1.29, 1.82) is 0 Å². The van der Waals surface area contributed by atoms with Gasteiger partial charge in [-0.1, -0.05) is 72.8 Å². The number of aliphatic carboxylic acids is 1. The Bertz CT molecular complexity index is 1400. The lowest BCUT2D eigenvalue weighted by atomic mass is 9.98. The van der Waals surface area contributed by atoms with Gasteiger partial charge in [-0.2, -0.15) is 0 Å². The summed E-state index contributed by atoms with van der Waals surface area (Å²) in [5.41, 5.74) is 7.59. The molecule has 1 aromatic heterocycles. The fraction of sp³-hybridized carbons (Fsp3) is 0.172. The maximum atomic E-state index is 12.7. The molecule has 8 heteroatoms. The number of carbonyl (C=O) groups is 2. The third-order valence-corrected chi connectivity index (χ3v) is 6.55. The minimum atomic E-state index is -1.20. The fourth-order valence-electron chi connectivity index (χ4n) is 4.79. The van der Waals surface area contributed by atoms with Crippen LogP contribution in [0.2, 0.25) is 0 Å². The smallest absolute Gasteiger partial charge is 0.407 e. The van der Waals surface area contributed by atoms with Gasteiger partial charge in [0.2, 0.25) is 0 Å². The number of ether oxygens (including phenoxy) is 1. The third kappa shape index (κ3) is 5.32. The standard InChI is InChI=1S/C29H25N3O4.ClH/c1-18-8-2-3-9-20(18)27-19(15-30-17-31-27)14-26(28(33)34)32-29(35)36-16-25-23-12-6-4-10-21(23)22-11-5-7-13-24(22)25;/h2-13,15,17,25-26H,14,16H2,1H3,(H,32,35)(H,33,34);1H/t26-;/m1./s1. The van der Waals surface area contributed by atoms with Crippen molar-refractivity contribution in [2.45, 2.75) is 25.3 Å². The van der Waals surface area contributed by atoms with Gasteiger partial charge in [-0.3, -0.25) is 0 Å². The van der Waals surface area contributed by atoms with Crippen LogP contribution in [0, 0.1) is 6.92 Å². The zero-order chi connectivity index (χ0) is 25.1. The topological polar surface area (TPSA) is 101 Å². The summed E-state index contributed by atoms with van der Waals surface area (Å²) in [5.74, 6) is -1.27. The lowest BCUT2D eigenvalue weighted by Crippen LogP contribution is -2.43. The molecule has 5 rings (SSSR count). The van der Waals surface area contributed by atoms with Crippen LogP contribution in [0.25, 0.3) is 22.4 Å². The van der Waals surface area contributed by atoms with Crippen molar-refractivity contribution in [3.8, 4) is 22.4 Å². The largest absolute Gasteiger partial charge is 0.480 e. The number of nitrogens with one attached hydrogen (secondary N) is 1. The van der Waals surface area contributed by atoms with Crippen molar-refractivity contribution in [2.24, 2.45) is 0 Å². The van der Waals surface area contributed by atoms with E-state index < -0.39 is 18.1 Å². The van der Waals surface area contributed by atoms with Crippen LogP contribution in [0.5, 0.6) is 0 Å². The van der Waals surface area contributed by atoms with Gasteiger partial charge < -0.3 is 15.2 Å². The zero-order valence-corrected chi connectivity index (χ0v) is 20.9. The van der Waals surface area contributed by atoms with Gasteiger partial charge in [0.15, 0.2) is 0 Å². The second-order valence-corrected chi connectivity index (χ2v) is 8.78. The van der Waals surface area contributed by atoms with Gasteiger partial charge >= 0.3 is 12.1 Å². The highest BCUT2D eigenvalue weighted by Crippen LogP contribution is 2.44. The van der Waals surface area contributed by atoms with Crippen molar-refractivity contribution < 1.29 is 19.4 Å². The van der Waals surface area contributed by atoms with Crippen LogP contribution in [-0.2, 0) is 16.0 Å². The van der Waals surface area contributed by atoms with Crippen LogP contribution in [-0.4, -0.2) is 39.8 Å². The summed E-state index contributed by atoms with van der Waals surface area (Å²) < 4.78 is 5.55. The van der Waals surface area contributed by atoms with Gasteiger partial charge in [0.05, 0.1) is 5.69 Å². The highest BCUT2D eigenvalue weighted by Gasteiger charge is 2.30. The van der Waals surface area contributed by atoms with Crippen LogP contribution >= 0.6 is 12.4 Å². The summed E-state index contributed by atoms with van der Waals surface area (Å²) in [4.78, 5) is 33.2. The number of benzene rings is 3. The molecule has 4 aromatic rings. The fourth-order valence-corrected chi connectivity index (χ4v) is 4.79. The van der Waals surface area contributed by atoms with Crippen molar-refractivity contribution in [2.75, 3.05) is 6.61 Å². The number of rotatable bonds is 7. The predicted octanol–water partition coefficient (Wildman–Crippen LogP) is 5.41. The van der Waals surface area contributed by atoms with E-state index in [4.69, 9.17) is 4.74 Å². The highest BCUT2D eigenvalue weighted by molar-refractivity contribution is 5.85. The Kier molecular flexibility index (Phi) is 7.84. The summed E-state index contributed by atoms with van der Waals surface area (Å²) in [6.07, 6.45) is 2.26. The van der Waals surface area contributed by atoms with E-state index in [2.05, 4.69) is 27.4 Å². The molecular formula is C29H26ClN3O4. The number of carboxylic acid groups (broad SMARTS) is 1. The summed E-state index contributed by atoms with van der Waals surface area (Å²) in [5, 5.41) is 12.3. The van der Waals surface area contributed by atoms with Crippen molar-refractivity contribution in [3.63, 3.8) is 0 Å². The lowest BCUT2D eigenvalue weighted by Gasteiger charge is -2.18. The van der Waals surface area contributed by atoms with Crippen LogP contribution in [0.3, 0.4) is 0 Å². The molecule has 2 N–H and O–H groups in total. The second-order valence-electron chi connectivity index (χ2n) is 8.78. The van der Waals surface area contributed by atoms with Gasteiger partial charge in [0.1, 0.15) is 19.0 Å². The molecule has 37 heavy (non-hydrogen) atoms. The minimum absolute atomic E-state index is 0. The summed E-state index contributed by atoms with van der Waals surface area (Å²) >= 11 is 0. The summed E-state index contributed by atoms with van der Waals surface area (Å²) in [7, 11) is 0. The zero-order valence-electron chi connectivity index (χ0n) is 20.1. The predicted molar refractivity (Wildman–Crippen MR) is 143 cm³/mol. The number of carboxylic acids is 1. The number of nitrogens with zero attached hydrogens (tertiary/aromatic N) is 2. The average Bonchev–Trinajstić information content (AvgIpc) is 3.21. The molecule has 1 aliphatic carbocycles. The Labute approximate surface area is 221 Å². The Morgan fingerprint density at radius 2 is 1.54 bits per heavy atom. The third-order valence-electron chi connectivity index (χ3n) is 6.55. The molecule has 0 fully saturated rings. The van der Waals surface area contributed by atoms with Crippen LogP contribution in [0.4, 0.5) is 4.79 Å². The van der Waals surface area contributed by atoms with Crippen LogP contribution in [0.15, 0.2) is 85.3 Å². The van der Waals surface area contributed by atoms with Crippen molar-refractivity contribution in [1.82, 2.24) is 15.3 Å². The minimum Gasteiger partial charge on any atom is -0.480 e. The number of carbonyl (C=O) groups excluding carboxylic acids is 1. The van der Waals surface area contributed by atoms with E-state index >= 15 is 0 Å². The van der Waals surface area contributed by atoms with E-state index in [9.17, 15) is 14.7 Å². The first kappa shape index (κ1) is 25.9. The molecule has 1 amide bonds. The van der Waals surface area contributed by atoms with E-state index in [1.165, 1.54) is 6.33 Å². The Balaban J connectivity index is 0.00000320. The van der Waals surface area contributed by atoms with Gasteiger partial charge in [-0.05, 0) is 40.3 Å². The maximum absolute atomic E-state index is 12.7. The number of amides is 1. The molecule has 1 aliphatic rings. The first-order valence-corrected chi connectivity index (χ1v) is 11.7. The number of hydrogen-bond acceptors (Lipinski definition) is 5.